The van der Waals surface area contributed by atoms with Gasteiger partial charge in [-0.25, -0.2) is 0 Å². The highest BCUT2D eigenvalue weighted by Gasteiger charge is 2.11. The van der Waals surface area contributed by atoms with E-state index >= 15 is 0 Å². The molecule has 0 unspecified atom stereocenters. The zero-order valence-corrected chi connectivity index (χ0v) is 13.8. The fourth-order valence-electron chi connectivity index (χ4n) is 2.48. The molecule has 0 spiro atoms. The van der Waals surface area contributed by atoms with Crippen LogP contribution in [0.4, 0.5) is 0 Å². The third-order valence-corrected chi connectivity index (χ3v) is 3.72. The Morgan fingerprint density at radius 2 is 1.96 bits per heavy atom. The fraction of sp³-hybridized carbons (Fsp3) is 0.316. The number of ether oxygens (including phenoxy) is 2. The Morgan fingerprint density at radius 1 is 1.17 bits per heavy atom. The van der Waals surface area contributed by atoms with Crippen molar-refractivity contribution in [2.45, 2.75) is 26.7 Å². The molecule has 2 aromatic carbocycles. The van der Waals surface area contributed by atoms with Gasteiger partial charge in [0, 0.05) is 6.42 Å². The molecule has 0 aliphatic rings. The van der Waals surface area contributed by atoms with Crippen LogP contribution in [0.25, 0.3) is 11.1 Å². The number of aromatic hydroxyl groups is 1. The lowest BCUT2D eigenvalue weighted by Crippen LogP contribution is -2.06. The third-order valence-electron chi connectivity index (χ3n) is 3.72. The highest BCUT2D eigenvalue weighted by molar-refractivity contribution is 5.73. The van der Waals surface area contributed by atoms with Crippen LogP contribution in [0.2, 0.25) is 0 Å². The Bertz CT molecular complexity index is 692. The van der Waals surface area contributed by atoms with Crippen LogP contribution in [0.3, 0.4) is 0 Å². The van der Waals surface area contributed by atoms with Gasteiger partial charge < -0.3 is 14.6 Å². The molecule has 0 saturated heterocycles. The number of methoxy groups -OCH3 is 1. The average molecular weight is 314 g/mol. The Hall–Kier alpha value is -2.49. The standard InChI is InChI=1S/C19H22O4/c1-4-23-19(21)10-6-15-12-16(22-3)7-8-17(15)14-5-9-18(20)13(2)11-14/h5,7-9,11-12,20H,4,6,10H2,1-3H3. The molecule has 0 aromatic heterocycles. The largest absolute Gasteiger partial charge is 0.508 e. The summed E-state index contributed by atoms with van der Waals surface area (Å²) in [5, 5.41) is 9.70. The second-order valence-electron chi connectivity index (χ2n) is 5.33. The highest BCUT2D eigenvalue weighted by atomic mass is 16.5. The van der Waals surface area contributed by atoms with E-state index < -0.39 is 0 Å². The first-order chi connectivity index (χ1) is 11.0. The molecule has 4 nitrogen and oxygen atoms in total. The molecule has 23 heavy (non-hydrogen) atoms. The molecule has 1 N–H and O–H groups in total. The van der Waals surface area contributed by atoms with Crippen LogP contribution in [-0.2, 0) is 16.0 Å². The summed E-state index contributed by atoms with van der Waals surface area (Å²) in [7, 11) is 1.62. The highest BCUT2D eigenvalue weighted by Crippen LogP contribution is 2.31. The average Bonchev–Trinajstić information content (AvgIpc) is 2.55. The summed E-state index contributed by atoms with van der Waals surface area (Å²) in [5.41, 5.74) is 3.86. The van der Waals surface area contributed by atoms with Gasteiger partial charge in [-0.2, -0.15) is 0 Å². The van der Waals surface area contributed by atoms with Crippen molar-refractivity contribution >= 4 is 5.97 Å². The zero-order chi connectivity index (χ0) is 16.8. The Morgan fingerprint density at radius 3 is 2.61 bits per heavy atom. The van der Waals surface area contributed by atoms with Gasteiger partial charge >= 0.3 is 5.97 Å². The van der Waals surface area contributed by atoms with E-state index in [2.05, 4.69) is 0 Å². The summed E-state index contributed by atoms with van der Waals surface area (Å²) >= 11 is 0. The first-order valence-electron chi connectivity index (χ1n) is 7.67. The Kier molecular flexibility index (Phi) is 5.63. The fourth-order valence-corrected chi connectivity index (χ4v) is 2.48. The lowest BCUT2D eigenvalue weighted by Gasteiger charge is -2.13. The molecular formula is C19H22O4. The number of esters is 1. The number of carbonyl (C=O) groups excluding carboxylic acids is 1. The summed E-state index contributed by atoms with van der Waals surface area (Å²) in [4.78, 5) is 11.6. The van der Waals surface area contributed by atoms with E-state index in [1.165, 1.54) is 0 Å². The number of hydrogen-bond acceptors (Lipinski definition) is 4. The minimum absolute atomic E-state index is 0.205. The summed E-state index contributed by atoms with van der Waals surface area (Å²) in [5.74, 6) is 0.821. The van der Waals surface area contributed by atoms with Crippen molar-refractivity contribution in [3.05, 3.63) is 47.5 Å². The SMILES string of the molecule is CCOC(=O)CCc1cc(OC)ccc1-c1ccc(O)c(C)c1. The number of aryl methyl sites for hydroxylation is 2. The molecule has 0 bridgehead atoms. The molecule has 0 atom stereocenters. The lowest BCUT2D eigenvalue weighted by molar-refractivity contribution is -0.143. The van der Waals surface area contributed by atoms with Crippen LogP contribution >= 0.6 is 0 Å². The predicted octanol–water partition coefficient (Wildman–Crippen LogP) is 3.87. The number of phenols is 1. The third kappa shape index (κ3) is 4.25. The summed E-state index contributed by atoms with van der Waals surface area (Å²) in [6, 6.07) is 11.3. The second kappa shape index (κ2) is 7.68. The minimum Gasteiger partial charge on any atom is -0.508 e. The zero-order valence-electron chi connectivity index (χ0n) is 13.8. The van der Waals surface area contributed by atoms with E-state index in [9.17, 15) is 9.90 Å². The van der Waals surface area contributed by atoms with Gasteiger partial charge in [0.05, 0.1) is 13.7 Å². The van der Waals surface area contributed by atoms with Gasteiger partial charge in [0.2, 0.25) is 0 Å². The molecule has 0 radical (unpaired) electrons. The van der Waals surface area contributed by atoms with Crippen molar-refractivity contribution in [3.8, 4) is 22.6 Å². The topological polar surface area (TPSA) is 55.8 Å². The van der Waals surface area contributed by atoms with Gasteiger partial charge in [0.25, 0.3) is 0 Å². The first kappa shape index (κ1) is 16.9. The van der Waals surface area contributed by atoms with Crippen LogP contribution in [0.15, 0.2) is 36.4 Å². The summed E-state index contributed by atoms with van der Waals surface area (Å²) in [6.07, 6.45) is 0.899. The van der Waals surface area contributed by atoms with Crippen LogP contribution in [-0.4, -0.2) is 24.8 Å². The van der Waals surface area contributed by atoms with Gasteiger partial charge in [-0.1, -0.05) is 12.1 Å². The van der Waals surface area contributed by atoms with E-state index in [1.54, 1.807) is 20.1 Å². The molecule has 2 aromatic rings. The molecular weight excluding hydrogens is 292 g/mol. The Labute approximate surface area is 136 Å². The first-order valence-corrected chi connectivity index (χ1v) is 7.67. The summed E-state index contributed by atoms with van der Waals surface area (Å²) < 4.78 is 10.3. The van der Waals surface area contributed by atoms with E-state index in [1.807, 2.05) is 37.3 Å². The van der Waals surface area contributed by atoms with Gasteiger partial charge in [0.15, 0.2) is 0 Å². The monoisotopic (exact) mass is 314 g/mol. The smallest absolute Gasteiger partial charge is 0.306 e. The van der Waals surface area contributed by atoms with Gasteiger partial charge in [-0.15, -0.1) is 0 Å². The molecule has 4 heteroatoms. The second-order valence-corrected chi connectivity index (χ2v) is 5.33. The Balaban J connectivity index is 2.34. The van der Waals surface area contributed by atoms with Crippen LogP contribution in [0.1, 0.15) is 24.5 Å². The molecule has 0 saturated carbocycles. The quantitative estimate of drug-likeness (QED) is 0.822. The number of hydrogen-bond donors (Lipinski definition) is 1. The molecule has 2 rings (SSSR count). The molecule has 0 amide bonds. The molecule has 0 aliphatic carbocycles. The normalized spacial score (nSPS) is 10.4. The molecule has 0 fully saturated rings. The van der Waals surface area contributed by atoms with Gasteiger partial charge in [-0.05, 0) is 66.8 Å². The summed E-state index contributed by atoms with van der Waals surface area (Å²) in [6.45, 7) is 4.05. The van der Waals surface area contributed by atoms with Crippen molar-refractivity contribution in [2.24, 2.45) is 0 Å². The van der Waals surface area contributed by atoms with E-state index in [-0.39, 0.29) is 11.7 Å². The number of carbonyl (C=O) groups is 1. The molecule has 0 heterocycles. The van der Waals surface area contributed by atoms with Crippen LogP contribution < -0.4 is 4.74 Å². The van der Waals surface area contributed by atoms with Crippen molar-refractivity contribution in [3.63, 3.8) is 0 Å². The predicted molar refractivity (Wildman–Crippen MR) is 89.8 cm³/mol. The number of benzene rings is 2. The van der Waals surface area contributed by atoms with Gasteiger partial charge in [0.1, 0.15) is 11.5 Å². The van der Waals surface area contributed by atoms with Crippen LogP contribution in [0, 0.1) is 6.92 Å². The van der Waals surface area contributed by atoms with E-state index in [4.69, 9.17) is 9.47 Å². The number of phenolic OH excluding ortho intramolecular Hbond substituents is 1. The number of rotatable bonds is 6. The van der Waals surface area contributed by atoms with Crippen molar-refractivity contribution in [1.29, 1.82) is 0 Å². The minimum atomic E-state index is -0.205. The maximum atomic E-state index is 11.6. The van der Waals surface area contributed by atoms with Crippen molar-refractivity contribution in [1.82, 2.24) is 0 Å². The van der Waals surface area contributed by atoms with E-state index in [0.29, 0.717) is 19.4 Å². The van der Waals surface area contributed by atoms with Gasteiger partial charge in [-0.3, -0.25) is 4.79 Å². The lowest BCUT2D eigenvalue weighted by atomic mass is 9.95. The van der Waals surface area contributed by atoms with Crippen LogP contribution in [0.5, 0.6) is 11.5 Å². The maximum absolute atomic E-state index is 11.6. The van der Waals surface area contributed by atoms with Crippen molar-refractivity contribution in [2.75, 3.05) is 13.7 Å². The van der Waals surface area contributed by atoms with Crippen molar-refractivity contribution < 1.29 is 19.4 Å². The molecule has 0 aliphatic heterocycles. The maximum Gasteiger partial charge on any atom is 0.306 e. The van der Waals surface area contributed by atoms with E-state index in [0.717, 1.165) is 28.0 Å². The molecule has 122 valence electrons.